The Kier molecular flexibility index (Phi) is 5.03. The number of nitrogens with zero attached hydrogens (tertiary/aromatic N) is 1. The average Bonchev–Trinajstić information content (AvgIpc) is 2.50. The molecule has 0 spiro atoms. The van der Waals surface area contributed by atoms with Crippen molar-refractivity contribution in [1.29, 1.82) is 0 Å². The van der Waals surface area contributed by atoms with Crippen molar-refractivity contribution < 1.29 is 9.90 Å². The standard InChI is InChI=1S/C16H19N3O2/c1-11-8-15(14(9-16(11)21)18-6-7-20)19-13-4-2-12(10-17)3-5-13/h2-5,8-9,18,20H,6-7,10,17H2,1H3/b19-15+. The molecule has 5 nitrogen and oxygen atoms in total. The summed E-state index contributed by atoms with van der Waals surface area (Å²) >= 11 is 0. The SMILES string of the molecule is CC1=C/C(=N\c2ccc(CN)cc2)C(NCCO)=CC1=O. The van der Waals surface area contributed by atoms with E-state index in [0.717, 1.165) is 11.3 Å². The minimum Gasteiger partial charge on any atom is -0.395 e. The summed E-state index contributed by atoms with van der Waals surface area (Å²) in [7, 11) is 0. The number of allylic oxidation sites excluding steroid dienone is 3. The van der Waals surface area contributed by atoms with E-state index in [2.05, 4.69) is 10.3 Å². The van der Waals surface area contributed by atoms with E-state index < -0.39 is 0 Å². The number of rotatable bonds is 5. The van der Waals surface area contributed by atoms with E-state index in [0.29, 0.717) is 30.1 Å². The molecule has 1 aromatic rings. The van der Waals surface area contributed by atoms with Gasteiger partial charge in [0.2, 0.25) is 0 Å². The van der Waals surface area contributed by atoms with Gasteiger partial charge in [-0.25, -0.2) is 4.99 Å². The molecule has 5 heteroatoms. The van der Waals surface area contributed by atoms with Crippen molar-refractivity contribution in [3.8, 4) is 0 Å². The average molecular weight is 285 g/mol. The number of hydrogen-bond donors (Lipinski definition) is 3. The number of hydrogen-bond acceptors (Lipinski definition) is 5. The molecular weight excluding hydrogens is 266 g/mol. The van der Waals surface area contributed by atoms with E-state index in [1.807, 2.05) is 24.3 Å². The molecule has 0 amide bonds. The number of nitrogens with two attached hydrogens (primary N) is 1. The van der Waals surface area contributed by atoms with Crippen molar-refractivity contribution in [1.82, 2.24) is 5.32 Å². The molecule has 0 saturated carbocycles. The van der Waals surface area contributed by atoms with Crippen LogP contribution in [0.4, 0.5) is 5.69 Å². The first-order valence-corrected chi connectivity index (χ1v) is 6.81. The van der Waals surface area contributed by atoms with Crippen LogP contribution in [0.1, 0.15) is 12.5 Å². The van der Waals surface area contributed by atoms with Crippen molar-refractivity contribution in [2.45, 2.75) is 13.5 Å². The minimum atomic E-state index is -0.0483. The van der Waals surface area contributed by atoms with E-state index in [4.69, 9.17) is 10.8 Å². The lowest BCUT2D eigenvalue weighted by atomic mass is 10.0. The van der Waals surface area contributed by atoms with Crippen molar-refractivity contribution in [2.75, 3.05) is 13.2 Å². The summed E-state index contributed by atoms with van der Waals surface area (Å²) < 4.78 is 0. The number of aliphatic imine (C=N–C) groups is 1. The highest BCUT2D eigenvalue weighted by molar-refractivity contribution is 6.22. The summed E-state index contributed by atoms with van der Waals surface area (Å²) in [4.78, 5) is 16.3. The van der Waals surface area contributed by atoms with Gasteiger partial charge in [0.1, 0.15) is 0 Å². The first-order valence-electron chi connectivity index (χ1n) is 6.81. The molecule has 0 saturated heterocycles. The zero-order valence-electron chi connectivity index (χ0n) is 12.0. The molecule has 21 heavy (non-hydrogen) atoms. The number of benzene rings is 1. The fourth-order valence-corrected chi connectivity index (χ4v) is 1.94. The number of carbonyl (C=O) groups is 1. The smallest absolute Gasteiger partial charge is 0.183 e. The Labute approximate surface area is 123 Å². The fourth-order valence-electron chi connectivity index (χ4n) is 1.94. The summed E-state index contributed by atoms with van der Waals surface area (Å²) in [5, 5.41) is 11.9. The van der Waals surface area contributed by atoms with Gasteiger partial charge < -0.3 is 16.2 Å². The van der Waals surface area contributed by atoms with Gasteiger partial charge >= 0.3 is 0 Å². The van der Waals surface area contributed by atoms with Gasteiger partial charge in [-0.15, -0.1) is 0 Å². The lowest BCUT2D eigenvalue weighted by molar-refractivity contribution is -0.111. The van der Waals surface area contributed by atoms with Crippen LogP contribution < -0.4 is 11.1 Å². The zero-order chi connectivity index (χ0) is 15.2. The molecule has 0 heterocycles. The second-order valence-corrected chi connectivity index (χ2v) is 4.77. The van der Waals surface area contributed by atoms with Crippen molar-refractivity contribution in [3.05, 3.63) is 53.3 Å². The molecule has 1 aliphatic carbocycles. The normalized spacial score (nSPS) is 16.7. The van der Waals surface area contributed by atoms with Crippen LogP contribution in [0.15, 0.2) is 52.7 Å². The van der Waals surface area contributed by atoms with E-state index in [9.17, 15) is 4.79 Å². The molecule has 4 N–H and O–H groups in total. The van der Waals surface area contributed by atoms with E-state index >= 15 is 0 Å². The van der Waals surface area contributed by atoms with Gasteiger partial charge in [-0.3, -0.25) is 4.79 Å². The van der Waals surface area contributed by atoms with Gasteiger partial charge in [-0.05, 0) is 36.3 Å². The van der Waals surface area contributed by atoms with Crippen LogP contribution in [0, 0.1) is 0 Å². The second kappa shape index (κ2) is 6.97. The lowest BCUT2D eigenvalue weighted by Crippen LogP contribution is -2.26. The quantitative estimate of drug-likeness (QED) is 0.710. The summed E-state index contributed by atoms with van der Waals surface area (Å²) in [5.41, 5.74) is 9.35. The van der Waals surface area contributed by atoms with Crippen molar-refractivity contribution >= 4 is 17.2 Å². The number of aliphatic hydroxyl groups excluding tert-OH is 1. The molecule has 0 bridgehead atoms. The maximum atomic E-state index is 11.7. The van der Waals surface area contributed by atoms with Crippen LogP contribution in [-0.2, 0) is 11.3 Å². The van der Waals surface area contributed by atoms with E-state index in [1.54, 1.807) is 13.0 Å². The molecule has 0 radical (unpaired) electrons. The van der Waals surface area contributed by atoms with E-state index in [1.165, 1.54) is 6.08 Å². The molecule has 2 rings (SSSR count). The predicted octanol–water partition coefficient (Wildman–Crippen LogP) is 1.21. The third-order valence-corrected chi connectivity index (χ3v) is 3.14. The van der Waals surface area contributed by atoms with Crippen LogP contribution in [0.2, 0.25) is 0 Å². The summed E-state index contributed by atoms with van der Waals surface area (Å²) in [6.45, 7) is 2.62. The number of carbonyl (C=O) groups excluding carboxylic acids is 1. The maximum Gasteiger partial charge on any atom is 0.183 e. The Hall–Kier alpha value is -2.24. The van der Waals surface area contributed by atoms with Crippen LogP contribution in [-0.4, -0.2) is 29.8 Å². The Balaban J connectivity index is 2.30. The molecule has 1 aliphatic rings. The summed E-state index contributed by atoms with van der Waals surface area (Å²) in [6.07, 6.45) is 3.26. The molecule has 0 aliphatic heterocycles. The van der Waals surface area contributed by atoms with Crippen molar-refractivity contribution in [3.63, 3.8) is 0 Å². The van der Waals surface area contributed by atoms with Crippen LogP contribution in [0.5, 0.6) is 0 Å². The first-order chi connectivity index (χ1) is 10.1. The van der Waals surface area contributed by atoms with E-state index in [-0.39, 0.29) is 12.4 Å². The molecular formula is C16H19N3O2. The van der Waals surface area contributed by atoms with Gasteiger partial charge in [0.15, 0.2) is 5.78 Å². The zero-order valence-corrected chi connectivity index (χ0v) is 12.0. The summed E-state index contributed by atoms with van der Waals surface area (Å²) in [6, 6.07) is 7.62. The van der Waals surface area contributed by atoms with Gasteiger partial charge in [0, 0.05) is 19.2 Å². The Morgan fingerprint density at radius 2 is 1.95 bits per heavy atom. The maximum absolute atomic E-state index is 11.7. The van der Waals surface area contributed by atoms with Crippen LogP contribution in [0.3, 0.4) is 0 Å². The number of nitrogens with one attached hydrogen (secondary N) is 1. The highest BCUT2D eigenvalue weighted by atomic mass is 16.3. The van der Waals surface area contributed by atoms with Crippen LogP contribution >= 0.6 is 0 Å². The van der Waals surface area contributed by atoms with Gasteiger partial charge in [0.05, 0.1) is 23.7 Å². The van der Waals surface area contributed by atoms with Crippen molar-refractivity contribution in [2.24, 2.45) is 10.7 Å². The van der Waals surface area contributed by atoms with Gasteiger partial charge in [-0.2, -0.15) is 0 Å². The Morgan fingerprint density at radius 3 is 2.57 bits per heavy atom. The van der Waals surface area contributed by atoms with Gasteiger partial charge in [0.25, 0.3) is 0 Å². The second-order valence-electron chi connectivity index (χ2n) is 4.77. The first kappa shape index (κ1) is 15.2. The predicted molar refractivity (Wildman–Crippen MR) is 83.4 cm³/mol. The molecule has 0 fully saturated rings. The Bertz CT molecular complexity index is 613. The summed E-state index contributed by atoms with van der Waals surface area (Å²) in [5.74, 6) is -0.0483. The lowest BCUT2D eigenvalue weighted by Gasteiger charge is -2.15. The number of aliphatic hydroxyl groups is 1. The molecule has 110 valence electrons. The molecule has 0 unspecified atom stereocenters. The third kappa shape index (κ3) is 3.87. The highest BCUT2D eigenvalue weighted by Gasteiger charge is 2.15. The fraction of sp³-hybridized carbons (Fsp3) is 0.250. The Morgan fingerprint density at radius 1 is 1.24 bits per heavy atom. The largest absolute Gasteiger partial charge is 0.395 e. The monoisotopic (exact) mass is 285 g/mol. The minimum absolute atomic E-state index is 0.00724. The molecule has 0 aromatic heterocycles. The van der Waals surface area contributed by atoms with Crippen LogP contribution in [0.25, 0.3) is 0 Å². The number of ketones is 1. The highest BCUT2D eigenvalue weighted by Crippen LogP contribution is 2.18. The van der Waals surface area contributed by atoms with Gasteiger partial charge in [-0.1, -0.05) is 12.1 Å². The molecule has 0 atom stereocenters. The topological polar surface area (TPSA) is 87.7 Å². The molecule has 1 aromatic carbocycles. The third-order valence-electron chi connectivity index (χ3n) is 3.14.